The highest BCUT2D eigenvalue weighted by Gasteiger charge is 2.04. The molecule has 3 aromatic carbocycles. The van der Waals surface area contributed by atoms with Crippen LogP contribution in [0.5, 0.6) is 0 Å². The van der Waals surface area contributed by atoms with Crippen LogP contribution in [0.3, 0.4) is 0 Å². The molecule has 36 heavy (non-hydrogen) atoms. The lowest BCUT2D eigenvalue weighted by Gasteiger charge is -2.17. The molecule has 3 aromatic rings. The summed E-state index contributed by atoms with van der Waals surface area (Å²) < 4.78 is 0. The standard InChI is InChI=1S/C27H32N6O3/c1-32(15-17-34)25-11-3-21(4-12-25)19-28-30-24-9-7-23(8-10-24)27(36)31-29-20-22-5-13-26(14-6-22)33(2)16-18-35/h3-14,19-20,30,34-35H,15-18H2,1-2H3,(H,31,36)/b28-19+,29-20+. The first-order valence-corrected chi connectivity index (χ1v) is 11.6. The molecule has 0 heterocycles. The molecule has 9 nitrogen and oxygen atoms in total. The van der Waals surface area contributed by atoms with Crippen molar-refractivity contribution in [2.45, 2.75) is 0 Å². The van der Waals surface area contributed by atoms with E-state index in [2.05, 4.69) is 21.1 Å². The number of aliphatic hydroxyl groups excluding tert-OH is 2. The zero-order valence-electron chi connectivity index (χ0n) is 20.5. The molecule has 0 aromatic heterocycles. The molecule has 4 N–H and O–H groups in total. The summed E-state index contributed by atoms with van der Waals surface area (Å²) in [7, 11) is 3.84. The highest BCUT2D eigenvalue weighted by Crippen LogP contribution is 2.14. The van der Waals surface area contributed by atoms with E-state index in [9.17, 15) is 4.79 Å². The fourth-order valence-electron chi connectivity index (χ4n) is 3.30. The van der Waals surface area contributed by atoms with Crippen molar-refractivity contribution in [2.75, 3.05) is 55.6 Å². The van der Waals surface area contributed by atoms with Crippen LogP contribution in [0.25, 0.3) is 0 Å². The molecule has 0 saturated heterocycles. The van der Waals surface area contributed by atoms with E-state index in [4.69, 9.17) is 10.2 Å². The lowest BCUT2D eigenvalue weighted by Crippen LogP contribution is -2.20. The fourth-order valence-corrected chi connectivity index (χ4v) is 3.30. The van der Waals surface area contributed by atoms with Crippen LogP contribution < -0.4 is 20.7 Å². The third-order valence-corrected chi connectivity index (χ3v) is 5.47. The SMILES string of the molecule is CN(CCO)c1ccc(/C=N/NC(=O)c2ccc(N/N=C/c3ccc(N(C)CCO)cc3)cc2)cc1. The van der Waals surface area contributed by atoms with Crippen molar-refractivity contribution in [3.05, 3.63) is 89.5 Å². The van der Waals surface area contributed by atoms with Crippen molar-refractivity contribution in [3.8, 4) is 0 Å². The van der Waals surface area contributed by atoms with Crippen LogP contribution >= 0.6 is 0 Å². The van der Waals surface area contributed by atoms with E-state index in [0.717, 1.165) is 28.2 Å². The first-order chi connectivity index (χ1) is 17.5. The molecule has 0 aliphatic heterocycles. The van der Waals surface area contributed by atoms with E-state index < -0.39 is 0 Å². The van der Waals surface area contributed by atoms with Gasteiger partial charge in [0.15, 0.2) is 0 Å². The van der Waals surface area contributed by atoms with Gasteiger partial charge in [-0.25, -0.2) is 5.43 Å². The van der Waals surface area contributed by atoms with E-state index in [1.165, 1.54) is 0 Å². The van der Waals surface area contributed by atoms with Crippen molar-refractivity contribution in [1.29, 1.82) is 0 Å². The summed E-state index contributed by atoms with van der Waals surface area (Å²) in [5, 5.41) is 26.3. The Labute approximate surface area is 211 Å². The van der Waals surface area contributed by atoms with E-state index in [1.807, 2.05) is 72.4 Å². The van der Waals surface area contributed by atoms with Gasteiger partial charge in [0.2, 0.25) is 0 Å². The summed E-state index contributed by atoms with van der Waals surface area (Å²) >= 11 is 0. The summed E-state index contributed by atoms with van der Waals surface area (Å²) in [5.74, 6) is -0.313. The van der Waals surface area contributed by atoms with Gasteiger partial charge in [0, 0.05) is 44.1 Å². The van der Waals surface area contributed by atoms with Gasteiger partial charge < -0.3 is 20.0 Å². The van der Waals surface area contributed by atoms with Gasteiger partial charge in [-0.1, -0.05) is 24.3 Å². The van der Waals surface area contributed by atoms with Crippen LogP contribution in [0, 0.1) is 0 Å². The number of carbonyl (C=O) groups is 1. The lowest BCUT2D eigenvalue weighted by atomic mass is 10.2. The number of carbonyl (C=O) groups excluding carboxylic acids is 1. The minimum atomic E-state index is -0.313. The van der Waals surface area contributed by atoms with Crippen molar-refractivity contribution < 1.29 is 15.0 Å². The van der Waals surface area contributed by atoms with Gasteiger partial charge in [0.05, 0.1) is 31.3 Å². The van der Waals surface area contributed by atoms with Gasteiger partial charge in [0.1, 0.15) is 0 Å². The summed E-state index contributed by atoms with van der Waals surface area (Å²) in [6.07, 6.45) is 3.29. The van der Waals surface area contributed by atoms with Crippen LogP contribution in [0.1, 0.15) is 21.5 Å². The second-order valence-electron chi connectivity index (χ2n) is 8.12. The number of hydrazone groups is 2. The molecule has 188 valence electrons. The molecule has 0 saturated carbocycles. The zero-order chi connectivity index (χ0) is 25.8. The summed E-state index contributed by atoms with van der Waals surface area (Å²) in [5.41, 5.74) is 10.5. The molecule has 0 radical (unpaired) electrons. The normalized spacial score (nSPS) is 11.1. The Bertz CT molecular complexity index is 1150. The van der Waals surface area contributed by atoms with E-state index >= 15 is 0 Å². The third-order valence-electron chi connectivity index (χ3n) is 5.47. The number of likely N-dealkylation sites (N-methyl/N-ethyl adjacent to an activating group) is 2. The number of rotatable bonds is 12. The van der Waals surface area contributed by atoms with Gasteiger partial charge >= 0.3 is 0 Å². The Balaban J connectivity index is 1.47. The smallest absolute Gasteiger partial charge is 0.271 e. The molecule has 0 atom stereocenters. The minimum Gasteiger partial charge on any atom is -0.395 e. The number of aliphatic hydroxyl groups is 2. The van der Waals surface area contributed by atoms with E-state index in [1.54, 1.807) is 36.7 Å². The van der Waals surface area contributed by atoms with Gasteiger partial charge in [-0.15, -0.1) is 0 Å². The number of hydrogen-bond donors (Lipinski definition) is 4. The number of nitrogens with zero attached hydrogens (tertiary/aromatic N) is 4. The van der Waals surface area contributed by atoms with Crippen molar-refractivity contribution in [3.63, 3.8) is 0 Å². The highest BCUT2D eigenvalue weighted by atomic mass is 16.3. The number of anilines is 3. The molecular weight excluding hydrogens is 456 g/mol. The Morgan fingerprint density at radius 3 is 1.69 bits per heavy atom. The lowest BCUT2D eigenvalue weighted by molar-refractivity contribution is 0.0955. The fraction of sp³-hybridized carbons (Fsp3) is 0.222. The van der Waals surface area contributed by atoms with Crippen molar-refractivity contribution in [2.24, 2.45) is 10.2 Å². The highest BCUT2D eigenvalue weighted by molar-refractivity contribution is 5.95. The maximum absolute atomic E-state index is 12.4. The average molecular weight is 489 g/mol. The minimum absolute atomic E-state index is 0.0931. The summed E-state index contributed by atoms with van der Waals surface area (Å²) in [6, 6.07) is 22.4. The van der Waals surface area contributed by atoms with Crippen LogP contribution in [0.2, 0.25) is 0 Å². The molecule has 3 rings (SSSR count). The quantitative estimate of drug-likeness (QED) is 0.230. The summed E-state index contributed by atoms with van der Waals surface area (Å²) in [6.45, 7) is 1.34. The Kier molecular flexibility index (Phi) is 9.99. The van der Waals surface area contributed by atoms with Crippen LogP contribution in [0.15, 0.2) is 83.0 Å². The topological polar surface area (TPSA) is 113 Å². The molecule has 0 bridgehead atoms. The zero-order valence-corrected chi connectivity index (χ0v) is 20.5. The predicted octanol–water partition coefficient (Wildman–Crippen LogP) is 2.75. The van der Waals surface area contributed by atoms with Gasteiger partial charge in [-0.05, 0) is 59.7 Å². The maximum Gasteiger partial charge on any atom is 0.271 e. The average Bonchev–Trinajstić information content (AvgIpc) is 2.90. The second kappa shape index (κ2) is 13.6. The number of amides is 1. The van der Waals surface area contributed by atoms with E-state index in [0.29, 0.717) is 18.7 Å². The first kappa shape index (κ1) is 26.4. The molecule has 0 fully saturated rings. The monoisotopic (exact) mass is 488 g/mol. The van der Waals surface area contributed by atoms with Gasteiger partial charge in [-0.2, -0.15) is 10.2 Å². The predicted molar refractivity (Wildman–Crippen MR) is 146 cm³/mol. The molecule has 0 unspecified atom stereocenters. The van der Waals surface area contributed by atoms with Gasteiger partial charge in [0.25, 0.3) is 5.91 Å². The second-order valence-corrected chi connectivity index (χ2v) is 8.12. The molecular formula is C27H32N6O3. The number of nitrogens with one attached hydrogen (secondary N) is 2. The van der Waals surface area contributed by atoms with Gasteiger partial charge in [-0.3, -0.25) is 10.2 Å². The molecule has 9 heteroatoms. The number of hydrogen-bond acceptors (Lipinski definition) is 8. The van der Waals surface area contributed by atoms with Crippen molar-refractivity contribution >= 4 is 35.4 Å². The van der Waals surface area contributed by atoms with E-state index in [-0.39, 0.29) is 19.1 Å². The molecule has 0 spiro atoms. The largest absolute Gasteiger partial charge is 0.395 e. The molecule has 0 aliphatic carbocycles. The third kappa shape index (κ3) is 7.93. The van der Waals surface area contributed by atoms with Crippen LogP contribution in [-0.2, 0) is 0 Å². The van der Waals surface area contributed by atoms with Crippen LogP contribution in [-0.4, -0.2) is 68.9 Å². The van der Waals surface area contributed by atoms with Crippen LogP contribution in [0.4, 0.5) is 17.1 Å². The maximum atomic E-state index is 12.4. The first-order valence-electron chi connectivity index (χ1n) is 11.6. The molecule has 0 aliphatic rings. The Morgan fingerprint density at radius 2 is 1.22 bits per heavy atom. The molecule has 1 amide bonds. The van der Waals surface area contributed by atoms with Crippen molar-refractivity contribution in [1.82, 2.24) is 5.43 Å². The summed E-state index contributed by atoms with van der Waals surface area (Å²) in [4.78, 5) is 16.3. The number of benzene rings is 3. The Morgan fingerprint density at radius 1 is 0.750 bits per heavy atom. The Hall–Kier alpha value is -4.21.